The van der Waals surface area contributed by atoms with Crippen LogP contribution in [0.2, 0.25) is 5.15 Å². The molecule has 14 heavy (non-hydrogen) atoms. The number of nitrogens with zero attached hydrogens (tertiary/aromatic N) is 2. The van der Waals surface area contributed by atoms with Crippen LogP contribution >= 0.6 is 11.6 Å². The standard InChI is InChI=1S/C9H7ClN2O2/c1-13-8-3-2-7(9(10)12-8)6-4-11-14-5-6/h2-5H,1H3. The van der Waals surface area contributed by atoms with Crippen LogP contribution < -0.4 is 4.74 Å². The van der Waals surface area contributed by atoms with E-state index in [2.05, 4.69) is 10.1 Å². The summed E-state index contributed by atoms with van der Waals surface area (Å²) in [7, 11) is 1.54. The highest BCUT2D eigenvalue weighted by molar-refractivity contribution is 6.32. The third kappa shape index (κ3) is 1.56. The summed E-state index contributed by atoms with van der Waals surface area (Å²) in [5.41, 5.74) is 1.57. The molecule has 2 aromatic heterocycles. The fourth-order valence-electron chi connectivity index (χ4n) is 1.08. The summed E-state index contributed by atoms with van der Waals surface area (Å²) in [6.45, 7) is 0. The quantitative estimate of drug-likeness (QED) is 0.715. The molecular formula is C9H7ClN2O2. The van der Waals surface area contributed by atoms with E-state index in [0.29, 0.717) is 11.0 Å². The second-order valence-electron chi connectivity index (χ2n) is 2.61. The Morgan fingerprint density at radius 2 is 2.29 bits per heavy atom. The van der Waals surface area contributed by atoms with Crippen LogP contribution in [0.25, 0.3) is 11.1 Å². The van der Waals surface area contributed by atoms with Gasteiger partial charge in [0.2, 0.25) is 5.88 Å². The van der Waals surface area contributed by atoms with Crippen LogP contribution in [0.3, 0.4) is 0 Å². The summed E-state index contributed by atoms with van der Waals surface area (Å²) < 4.78 is 9.65. The summed E-state index contributed by atoms with van der Waals surface area (Å²) in [6.07, 6.45) is 3.09. The minimum atomic E-state index is 0.368. The fraction of sp³-hybridized carbons (Fsp3) is 0.111. The van der Waals surface area contributed by atoms with Crippen molar-refractivity contribution < 1.29 is 9.26 Å². The molecule has 5 heteroatoms. The maximum Gasteiger partial charge on any atom is 0.214 e. The molecule has 72 valence electrons. The molecular weight excluding hydrogens is 204 g/mol. The first-order valence-electron chi connectivity index (χ1n) is 3.91. The monoisotopic (exact) mass is 210 g/mol. The number of pyridine rings is 1. The summed E-state index contributed by atoms with van der Waals surface area (Å²) >= 11 is 5.94. The molecule has 4 nitrogen and oxygen atoms in total. The van der Waals surface area contributed by atoms with Gasteiger partial charge in [-0.3, -0.25) is 0 Å². The van der Waals surface area contributed by atoms with E-state index in [9.17, 15) is 0 Å². The number of halogens is 1. The van der Waals surface area contributed by atoms with Crippen LogP contribution in [-0.2, 0) is 0 Å². The molecule has 0 unspecified atom stereocenters. The highest BCUT2D eigenvalue weighted by atomic mass is 35.5. The average molecular weight is 211 g/mol. The zero-order chi connectivity index (χ0) is 9.97. The molecule has 0 radical (unpaired) electrons. The highest BCUT2D eigenvalue weighted by Crippen LogP contribution is 2.27. The first kappa shape index (κ1) is 9.02. The van der Waals surface area contributed by atoms with Crippen LogP contribution in [0, 0.1) is 0 Å². The third-order valence-corrected chi connectivity index (χ3v) is 2.06. The van der Waals surface area contributed by atoms with Gasteiger partial charge >= 0.3 is 0 Å². The summed E-state index contributed by atoms with van der Waals surface area (Å²) in [6, 6.07) is 3.54. The summed E-state index contributed by atoms with van der Waals surface area (Å²) in [5.74, 6) is 0.482. The summed E-state index contributed by atoms with van der Waals surface area (Å²) in [4.78, 5) is 4.02. The Morgan fingerprint density at radius 3 is 2.86 bits per heavy atom. The molecule has 0 aliphatic heterocycles. The van der Waals surface area contributed by atoms with E-state index in [0.717, 1.165) is 11.1 Å². The smallest absolute Gasteiger partial charge is 0.214 e. The van der Waals surface area contributed by atoms with Gasteiger partial charge in [0.1, 0.15) is 11.4 Å². The Hall–Kier alpha value is -1.55. The number of aromatic nitrogens is 2. The van der Waals surface area contributed by atoms with Gasteiger partial charge in [-0.2, -0.15) is 0 Å². The largest absolute Gasteiger partial charge is 0.481 e. The number of hydrogen-bond acceptors (Lipinski definition) is 4. The lowest BCUT2D eigenvalue weighted by atomic mass is 10.2. The van der Waals surface area contributed by atoms with Crippen LogP contribution in [0.15, 0.2) is 29.1 Å². The van der Waals surface area contributed by atoms with Crippen molar-refractivity contribution in [3.05, 3.63) is 29.7 Å². The van der Waals surface area contributed by atoms with Crippen molar-refractivity contribution in [3.63, 3.8) is 0 Å². The maximum absolute atomic E-state index is 5.94. The molecule has 0 aliphatic rings. The van der Waals surface area contributed by atoms with Gasteiger partial charge in [-0.25, -0.2) is 4.98 Å². The van der Waals surface area contributed by atoms with E-state index >= 15 is 0 Å². The Bertz CT molecular complexity index is 428. The topological polar surface area (TPSA) is 48.2 Å². The van der Waals surface area contributed by atoms with Gasteiger partial charge in [0.15, 0.2) is 0 Å². The lowest BCUT2D eigenvalue weighted by Crippen LogP contribution is -1.88. The van der Waals surface area contributed by atoms with Crippen molar-refractivity contribution in [2.45, 2.75) is 0 Å². The zero-order valence-electron chi connectivity index (χ0n) is 7.40. The van der Waals surface area contributed by atoms with E-state index in [1.165, 1.54) is 13.4 Å². The molecule has 0 fully saturated rings. The predicted octanol–water partition coefficient (Wildman–Crippen LogP) is 2.40. The van der Waals surface area contributed by atoms with Gasteiger partial charge in [0.05, 0.1) is 13.3 Å². The molecule has 0 N–H and O–H groups in total. The van der Waals surface area contributed by atoms with E-state index in [-0.39, 0.29) is 0 Å². The van der Waals surface area contributed by atoms with Gasteiger partial charge in [-0.15, -0.1) is 0 Å². The molecule has 0 aromatic carbocycles. The minimum Gasteiger partial charge on any atom is -0.481 e. The van der Waals surface area contributed by atoms with Crippen molar-refractivity contribution in [1.82, 2.24) is 10.1 Å². The van der Waals surface area contributed by atoms with Gasteiger partial charge in [0, 0.05) is 17.2 Å². The molecule has 0 aliphatic carbocycles. The molecule has 0 atom stereocenters. The molecule has 2 aromatic rings. The number of ether oxygens (including phenoxy) is 1. The minimum absolute atomic E-state index is 0.368. The summed E-state index contributed by atoms with van der Waals surface area (Å²) in [5, 5.41) is 3.96. The van der Waals surface area contributed by atoms with Gasteiger partial charge in [-0.1, -0.05) is 16.8 Å². The fourth-order valence-corrected chi connectivity index (χ4v) is 1.34. The third-order valence-electron chi connectivity index (χ3n) is 1.78. The van der Waals surface area contributed by atoms with Crippen molar-refractivity contribution in [3.8, 4) is 17.0 Å². The van der Waals surface area contributed by atoms with E-state index in [1.807, 2.05) is 0 Å². The zero-order valence-corrected chi connectivity index (χ0v) is 8.15. The van der Waals surface area contributed by atoms with Crippen LogP contribution in [0.5, 0.6) is 5.88 Å². The van der Waals surface area contributed by atoms with E-state index < -0.39 is 0 Å². The molecule has 0 bridgehead atoms. The van der Waals surface area contributed by atoms with Crippen LogP contribution in [0.1, 0.15) is 0 Å². The van der Waals surface area contributed by atoms with Crippen LogP contribution in [-0.4, -0.2) is 17.3 Å². The Labute approximate surface area is 85.5 Å². The normalized spacial score (nSPS) is 10.1. The molecule has 2 heterocycles. The average Bonchev–Trinajstić information content (AvgIpc) is 2.70. The van der Waals surface area contributed by atoms with Crippen LogP contribution in [0.4, 0.5) is 0 Å². The maximum atomic E-state index is 5.94. The second-order valence-corrected chi connectivity index (χ2v) is 2.96. The molecule has 0 saturated heterocycles. The van der Waals surface area contributed by atoms with Crippen molar-refractivity contribution >= 4 is 11.6 Å². The SMILES string of the molecule is COc1ccc(-c2cnoc2)c(Cl)n1. The highest BCUT2D eigenvalue weighted by Gasteiger charge is 2.07. The Morgan fingerprint density at radius 1 is 1.43 bits per heavy atom. The predicted molar refractivity (Wildman–Crippen MR) is 51.3 cm³/mol. The number of hydrogen-bond donors (Lipinski definition) is 0. The first-order chi connectivity index (χ1) is 6.81. The number of methoxy groups -OCH3 is 1. The van der Waals surface area contributed by atoms with E-state index in [4.69, 9.17) is 20.9 Å². The van der Waals surface area contributed by atoms with Crippen molar-refractivity contribution in [2.75, 3.05) is 7.11 Å². The molecule has 0 amide bonds. The molecule has 0 spiro atoms. The Balaban J connectivity index is 2.46. The Kier molecular flexibility index (Phi) is 2.37. The first-order valence-corrected chi connectivity index (χ1v) is 4.29. The van der Waals surface area contributed by atoms with Gasteiger partial charge in [-0.05, 0) is 6.07 Å². The van der Waals surface area contributed by atoms with Gasteiger partial charge < -0.3 is 9.26 Å². The van der Waals surface area contributed by atoms with Crippen molar-refractivity contribution in [2.24, 2.45) is 0 Å². The lowest BCUT2D eigenvalue weighted by Gasteiger charge is -2.02. The van der Waals surface area contributed by atoms with E-state index in [1.54, 1.807) is 18.3 Å². The molecule has 2 rings (SSSR count). The van der Waals surface area contributed by atoms with Crippen molar-refractivity contribution in [1.29, 1.82) is 0 Å². The van der Waals surface area contributed by atoms with Gasteiger partial charge in [0.25, 0.3) is 0 Å². The number of rotatable bonds is 2. The second kappa shape index (κ2) is 3.67. The lowest BCUT2D eigenvalue weighted by molar-refractivity contribution is 0.398. The molecule has 0 saturated carbocycles.